The molecule has 1 saturated heterocycles. The summed E-state index contributed by atoms with van der Waals surface area (Å²) in [6.07, 6.45) is 6.80. The maximum Gasteiger partial charge on any atom is 0.255 e. The Morgan fingerprint density at radius 3 is 2.93 bits per heavy atom. The van der Waals surface area contributed by atoms with Crippen LogP contribution >= 0.6 is 0 Å². The molecule has 1 fully saturated rings. The number of H-pyrrole nitrogens is 1. The van der Waals surface area contributed by atoms with Crippen molar-refractivity contribution in [2.75, 3.05) is 37.8 Å². The Bertz CT molecular complexity index is 888. The van der Waals surface area contributed by atoms with Crippen LogP contribution in [0.4, 0.5) is 11.5 Å². The molecule has 0 saturated carbocycles. The average Bonchev–Trinajstić information content (AvgIpc) is 2.73. The van der Waals surface area contributed by atoms with Gasteiger partial charge in [0.15, 0.2) is 11.6 Å². The average molecular weight is 368 g/mol. The van der Waals surface area contributed by atoms with Crippen molar-refractivity contribution in [3.63, 3.8) is 0 Å². The van der Waals surface area contributed by atoms with Gasteiger partial charge in [0, 0.05) is 37.2 Å². The molecule has 0 atom stereocenters. The van der Waals surface area contributed by atoms with Gasteiger partial charge in [-0.15, -0.1) is 0 Å². The number of ether oxygens (including phenoxy) is 1. The van der Waals surface area contributed by atoms with E-state index in [-0.39, 0.29) is 12.6 Å². The highest BCUT2D eigenvalue weighted by Crippen LogP contribution is 2.34. The molecular weight excluding hydrogens is 344 g/mol. The molecule has 0 radical (unpaired) electrons. The number of nitrogens with two attached hydrogens (primary N) is 1. The molecule has 3 N–H and O–H groups in total. The molecule has 2 aromatic heterocycles. The number of hydrogen-bond donors (Lipinski definition) is 2. The third-order valence-corrected chi connectivity index (χ3v) is 4.89. The van der Waals surface area contributed by atoms with Gasteiger partial charge in [-0.1, -0.05) is 0 Å². The van der Waals surface area contributed by atoms with Crippen LogP contribution in [0.15, 0.2) is 35.6 Å². The molecule has 142 valence electrons. The third kappa shape index (κ3) is 3.66. The van der Waals surface area contributed by atoms with Gasteiger partial charge in [-0.2, -0.15) is 0 Å². The molecule has 0 spiro atoms. The van der Waals surface area contributed by atoms with Gasteiger partial charge in [0.05, 0.1) is 18.8 Å². The number of aromatic amines is 1. The lowest BCUT2D eigenvalue weighted by molar-refractivity contribution is 0.0723. The monoisotopic (exact) mass is 368 g/mol. The maximum atomic E-state index is 12.7. The second-order valence-corrected chi connectivity index (χ2v) is 6.67. The van der Waals surface area contributed by atoms with E-state index in [0.717, 1.165) is 31.6 Å². The largest absolute Gasteiger partial charge is 0.488 e. The number of nitrogens with zero attached hydrogens (tertiary/aromatic N) is 4. The first-order valence-corrected chi connectivity index (χ1v) is 9.35. The van der Waals surface area contributed by atoms with Crippen LogP contribution in [0.5, 0.6) is 5.75 Å². The van der Waals surface area contributed by atoms with Crippen molar-refractivity contribution in [3.8, 4) is 5.75 Å². The lowest BCUT2D eigenvalue weighted by atomic mass is 10.1. The number of nitrogens with one attached hydrogen (secondary N) is 1. The molecule has 0 aromatic carbocycles. The summed E-state index contributed by atoms with van der Waals surface area (Å²) in [4.78, 5) is 28.5. The predicted octanol–water partition coefficient (Wildman–Crippen LogP) is 1.38. The summed E-state index contributed by atoms with van der Waals surface area (Å²) in [5.41, 5.74) is 7.74. The normalized spacial score (nSPS) is 17.4. The van der Waals surface area contributed by atoms with Gasteiger partial charge < -0.3 is 25.3 Å². The Balaban J connectivity index is 1.63. The van der Waals surface area contributed by atoms with Crippen LogP contribution in [-0.2, 0) is 0 Å². The number of pyridine rings is 2. The summed E-state index contributed by atoms with van der Waals surface area (Å²) in [5.74, 6) is 1.37. The smallest absolute Gasteiger partial charge is 0.255 e. The minimum Gasteiger partial charge on any atom is -0.488 e. The molecule has 4 rings (SSSR count). The lowest BCUT2D eigenvalue weighted by Crippen LogP contribution is -2.36. The maximum absolute atomic E-state index is 12.7. The predicted molar refractivity (Wildman–Crippen MR) is 102 cm³/mol. The highest BCUT2D eigenvalue weighted by Gasteiger charge is 2.25. The van der Waals surface area contributed by atoms with Crippen molar-refractivity contribution < 1.29 is 9.53 Å². The molecule has 2 aliphatic heterocycles. The molecule has 8 nitrogen and oxygen atoms in total. The number of carbonyl (C=O) groups is 1. The second kappa shape index (κ2) is 7.79. The van der Waals surface area contributed by atoms with Crippen LogP contribution in [-0.4, -0.2) is 53.7 Å². The van der Waals surface area contributed by atoms with Crippen molar-refractivity contribution in [2.24, 2.45) is 10.7 Å². The van der Waals surface area contributed by atoms with E-state index in [9.17, 15) is 4.79 Å². The number of fused-ring (bicyclic) bond motifs is 1. The molecule has 0 unspecified atom stereocenters. The van der Waals surface area contributed by atoms with Gasteiger partial charge in [0.1, 0.15) is 12.1 Å². The lowest BCUT2D eigenvalue weighted by Gasteiger charge is -2.31. The number of hydrogen-bond acceptors (Lipinski definition) is 6. The van der Waals surface area contributed by atoms with E-state index in [0.29, 0.717) is 35.8 Å². The number of anilines is 2. The van der Waals surface area contributed by atoms with Gasteiger partial charge in [0.25, 0.3) is 5.91 Å². The van der Waals surface area contributed by atoms with Gasteiger partial charge in [-0.25, -0.2) is 4.98 Å². The molecule has 8 heteroatoms. The van der Waals surface area contributed by atoms with Gasteiger partial charge in [-0.3, -0.25) is 9.79 Å². The van der Waals surface area contributed by atoms with Crippen molar-refractivity contribution in [1.82, 2.24) is 14.9 Å². The number of amides is 1. The van der Waals surface area contributed by atoms with E-state index < -0.39 is 0 Å². The molecule has 0 aliphatic carbocycles. The van der Waals surface area contributed by atoms with E-state index in [1.54, 1.807) is 6.20 Å². The van der Waals surface area contributed by atoms with Crippen LogP contribution in [0.25, 0.3) is 0 Å². The zero-order chi connectivity index (χ0) is 18.6. The summed E-state index contributed by atoms with van der Waals surface area (Å²) >= 11 is 0. The van der Waals surface area contributed by atoms with E-state index in [1.807, 2.05) is 29.3 Å². The highest BCUT2D eigenvalue weighted by molar-refractivity contribution is 5.95. The van der Waals surface area contributed by atoms with Crippen LogP contribution in [0.1, 0.15) is 29.6 Å². The topological polar surface area (TPSA) is 99.8 Å². The number of rotatable bonds is 3. The van der Waals surface area contributed by atoms with Crippen molar-refractivity contribution in [3.05, 3.63) is 41.6 Å². The molecule has 2 aromatic rings. The molecule has 27 heavy (non-hydrogen) atoms. The van der Waals surface area contributed by atoms with Crippen LogP contribution in [0, 0.1) is 0 Å². The Morgan fingerprint density at radius 1 is 1.26 bits per heavy atom. The zero-order valence-electron chi connectivity index (χ0n) is 15.2. The Kier molecular flexibility index (Phi) is 5.06. The summed E-state index contributed by atoms with van der Waals surface area (Å²) in [6, 6.07) is 5.70. The van der Waals surface area contributed by atoms with Crippen LogP contribution in [0.3, 0.4) is 0 Å². The van der Waals surface area contributed by atoms with Gasteiger partial charge >= 0.3 is 0 Å². The number of likely N-dealkylation sites (tertiary alicyclic amines) is 1. The molecule has 2 aliphatic rings. The fourth-order valence-corrected chi connectivity index (χ4v) is 3.55. The van der Waals surface area contributed by atoms with E-state index >= 15 is 0 Å². The molecule has 1 amide bonds. The Morgan fingerprint density at radius 2 is 2.11 bits per heavy atom. The SMILES string of the molecule is NC/N=c1/cc(N2CCOc3cc(C(=O)N4CCCCC4)cnc32)cc[nH]1. The van der Waals surface area contributed by atoms with E-state index in [4.69, 9.17) is 10.5 Å². The van der Waals surface area contributed by atoms with Crippen LogP contribution < -0.4 is 20.9 Å². The van der Waals surface area contributed by atoms with Crippen LogP contribution in [0.2, 0.25) is 0 Å². The summed E-state index contributed by atoms with van der Waals surface area (Å²) in [5, 5.41) is 0. The van der Waals surface area contributed by atoms with Gasteiger partial charge in [-0.05, 0) is 31.4 Å². The minimum atomic E-state index is 0.0315. The fourth-order valence-electron chi connectivity index (χ4n) is 3.55. The number of piperidine rings is 1. The standard InChI is InChI=1S/C19H24N6O2/c20-13-23-17-11-15(4-5-21-17)25-8-9-27-16-10-14(12-22-18(16)25)19(26)24-6-2-1-3-7-24/h4-5,10-12H,1-3,6-9,13,20H2,(H,21,23). The summed E-state index contributed by atoms with van der Waals surface area (Å²) < 4.78 is 5.80. The molecule has 4 heterocycles. The molecule has 0 bridgehead atoms. The zero-order valence-corrected chi connectivity index (χ0v) is 15.2. The number of aromatic nitrogens is 2. The fraction of sp³-hybridized carbons (Fsp3) is 0.421. The van der Waals surface area contributed by atoms with Crippen molar-refractivity contribution in [1.29, 1.82) is 0 Å². The quantitative estimate of drug-likeness (QED) is 0.853. The van der Waals surface area contributed by atoms with E-state index in [1.165, 1.54) is 6.42 Å². The third-order valence-electron chi connectivity index (χ3n) is 4.89. The van der Waals surface area contributed by atoms with Gasteiger partial charge in [0.2, 0.25) is 0 Å². The summed E-state index contributed by atoms with van der Waals surface area (Å²) in [6.45, 7) is 3.05. The van der Waals surface area contributed by atoms with Crippen molar-refractivity contribution in [2.45, 2.75) is 19.3 Å². The minimum absolute atomic E-state index is 0.0315. The summed E-state index contributed by atoms with van der Waals surface area (Å²) in [7, 11) is 0. The Labute approximate surface area is 157 Å². The number of carbonyl (C=O) groups excluding carboxylic acids is 1. The second-order valence-electron chi connectivity index (χ2n) is 6.67. The first-order valence-electron chi connectivity index (χ1n) is 9.35. The molecular formula is C19H24N6O2. The highest BCUT2D eigenvalue weighted by atomic mass is 16.5. The van der Waals surface area contributed by atoms with E-state index in [2.05, 4.69) is 19.9 Å². The first-order chi connectivity index (χ1) is 13.3. The van der Waals surface area contributed by atoms with Crippen molar-refractivity contribution >= 4 is 17.4 Å². The first kappa shape index (κ1) is 17.5. The Hall–Kier alpha value is -2.87.